The molecule has 2 rings (SSSR count). The van der Waals surface area contributed by atoms with E-state index in [1.165, 1.54) is 12.1 Å². The molecule has 0 atom stereocenters. The molecule has 1 saturated carbocycles. The SMILES string of the molecule is Nc1cccc(C(=O)NCCCC(=O)NC2CC2)c1O. The van der Waals surface area contributed by atoms with Gasteiger partial charge in [0.1, 0.15) is 0 Å². The summed E-state index contributed by atoms with van der Waals surface area (Å²) in [7, 11) is 0. The Kier molecular flexibility index (Phi) is 4.45. The number of rotatable bonds is 6. The number of hydrogen-bond acceptors (Lipinski definition) is 4. The molecular formula is C14H19N3O3. The van der Waals surface area contributed by atoms with Crippen molar-refractivity contribution in [1.29, 1.82) is 0 Å². The Morgan fingerprint density at radius 3 is 2.80 bits per heavy atom. The molecule has 0 unspecified atom stereocenters. The zero-order valence-electron chi connectivity index (χ0n) is 11.2. The number of amides is 2. The lowest BCUT2D eigenvalue weighted by Gasteiger charge is -2.08. The molecule has 2 amide bonds. The summed E-state index contributed by atoms with van der Waals surface area (Å²) in [6, 6.07) is 4.99. The lowest BCUT2D eigenvalue weighted by Crippen LogP contribution is -2.28. The fourth-order valence-corrected chi connectivity index (χ4v) is 1.82. The number of aromatic hydroxyl groups is 1. The molecule has 6 nitrogen and oxygen atoms in total. The molecule has 0 saturated heterocycles. The zero-order valence-corrected chi connectivity index (χ0v) is 11.2. The summed E-state index contributed by atoms with van der Waals surface area (Å²) in [5.74, 6) is -0.581. The molecular weight excluding hydrogens is 258 g/mol. The van der Waals surface area contributed by atoms with Crippen molar-refractivity contribution in [3.8, 4) is 5.75 Å². The maximum atomic E-state index is 11.8. The van der Waals surface area contributed by atoms with Crippen molar-refractivity contribution in [1.82, 2.24) is 10.6 Å². The van der Waals surface area contributed by atoms with E-state index in [9.17, 15) is 14.7 Å². The van der Waals surface area contributed by atoms with Gasteiger partial charge in [0.15, 0.2) is 5.75 Å². The summed E-state index contributed by atoms with van der Waals surface area (Å²) in [5, 5.41) is 15.2. The molecule has 1 aliphatic rings. The van der Waals surface area contributed by atoms with E-state index >= 15 is 0 Å². The molecule has 0 aromatic heterocycles. The van der Waals surface area contributed by atoms with Gasteiger partial charge in [0.2, 0.25) is 5.91 Å². The highest BCUT2D eigenvalue weighted by molar-refractivity contribution is 5.98. The van der Waals surface area contributed by atoms with Crippen LogP contribution in [0, 0.1) is 0 Å². The first-order valence-electron chi connectivity index (χ1n) is 6.73. The molecule has 5 N–H and O–H groups in total. The monoisotopic (exact) mass is 277 g/mol. The number of phenols is 1. The first-order chi connectivity index (χ1) is 9.58. The molecule has 1 fully saturated rings. The predicted molar refractivity (Wildman–Crippen MR) is 75.3 cm³/mol. The Morgan fingerprint density at radius 1 is 1.35 bits per heavy atom. The van der Waals surface area contributed by atoms with Gasteiger partial charge in [-0.1, -0.05) is 6.07 Å². The van der Waals surface area contributed by atoms with Crippen LogP contribution < -0.4 is 16.4 Å². The van der Waals surface area contributed by atoms with Gasteiger partial charge in [-0.15, -0.1) is 0 Å². The third-order valence-corrected chi connectivity index (χ3v) is 3.12. The Balaban J connectivity index is 1.71. The second-order valence-electron chi connectivity index (χ2n) is 4.94. The van der Waals surface area contributed by atoms with Crippen molar-refractivity contribution in [3.63, 3.8) is 0 Å². The lowest BCUT2D eigenvalue weighted by molar-refractivity contribution is -0.121. The van der Waals surface area contributed by atoms with Gasteiger partial charge >= 0.3 is 0 Å². The highest BCUT2D eigenvalue weighted by Gasteiger charge is 2.22. The summed E-state index contributed by atoms with van der Waals surface area (Å²) < 4.78 is 0. The van der Waals surface area contributed by atoms with E-state index in [0.717, 1.165) is 12.8 Å². The van der Waals surface area contributed by atoms with Gasteiger partial charge in [0.25, 0.3) is 5.91 Å². The van der Waals surface area contributed by atoms with Crippen molar-refractivity contribution in [2.24, 2.45) is 0 Å². The maximum absolute atomic E-state index is 11.8. The van der Waals surface area contributed by atoms with Gasteiger partial charge in [0, 0.05) is 19.0 Å². The summed E-state index contributed by atoms with van der Waals surface area (Å²) in [6.07, 6.45) is 3.08. The van der Waals surface area contributed by atoms with E-state index in [1.807, 2.05) is 0 Å². The predicted octanol–water partition coefficient (Wildman–Crippen LogP) is 0.763. The number of nitrogen functional groups attached to an aromatic ring is 1. The first-order valence-corrected chi connectivity index (χ1v) is 6.73. The molecule has 0 aliphatic heterocycles. The van der Waals surface area contributed by atoms with Gasteiger partial charge in [0.05, 0.1) is 11.3 Å². The van der Waals surface area contributed by atoms with Crippen molar-refractivity contribution in [3.05, 3.63) is 23.8 Å². The second kappa shape index (κ2) is 6.27. The van der Waals surface area contributed by atoms with E-state index in [2.05, 4.69) is 10.6 Å². The van der Waals surface area contributed by atoms with Crippen LogP contribution in [0.5, 0.6) is 5.75 Å². The van der Waals surface area contributed by atoms with Crippen molar-refractivity contribution >= 4 is 17.5 Å². The third kappa shape index (κ3) is 3.88. The number of para-hydroxylation sites is 1. The van der Waals surface area contributed by atoms with Crippen LogP contribution in [0.2, 0.25) is 0 Å². The molecule has 0 bridgehead atoms. The van der Waals surface area contributed by atoms with E-state index in [-0.39, 0.29) is 22.9 Å². The summed E-state index contributed by atoms with van der Waals surface area (Å²) in [5.41, 5.74) is 5.84. The molecule has 0 heterocycles. The van der Waals surface area contributed by atoms with Crippen LogP contribution in [0.15, 0.2) is 18.2 Å². The fourth-order valence-electron chi connectivity index (χ4n) is 1.82. The summed E-state index contributed by atoms with van der Waals surface area (Å²) in [4.78, 5) is 23.2. The van der Waals surface area contributed by atoms with Crippen molar-refractivity contribution in [2.45, 2.75) is 31.7 Å². The fraction of sp³-hybridized carbons (Fsp3) is 0.429. The maximum Gasteiger partial charge on any atom is 0.255 e. The number of nitrogens with one attached hydrogen (secondary N) is 2. The molecule has 6 heteroatoms. The minimum atomic E-state index is -0.391. The number of carbonyl (C=O) groups excluding carboxylic acids is 2. The highest BCUT2D eigenvalue weighted by Crippen LogP contribution is 2.24. The van der Waals surface area contributed by atoms with Crippen LogP contribution in [0.25, 0.3) is 0 Å². The minimum Gasteiger partial charge on any atom is -0.505 e. The average Bonchev–Trinajstić information content (AvgIpc) is 3.21. The molecule has 0 spiro atoms. The number of carbonyl (C=O) groups is 2. The molecule has 1 aromatic carbocycles. The van der Waals surface area contributed by atoms with Crippen LogP contribution >= 0.6 is 0 Å². The lowest BCUT2D eigenvalue weighted by atomic mass is 10.1. The standard InChI is InChI=1S/C14H19N3O3/c15-11-4-1-3-10(13(11)19)14(20)16-8-2-5-12(18)17-9-6-7-9/h1,3-4,9,19H,2,5-8,15H2,(H,16,20)(H,17,18). The van der Waals surface area contributed by atoms with Crippen LogP contribution in [0.1, 0.15) is 36.0 Å². The van der Waals surface area contributed by atoms with E-state index < -0.39 is 5.91 Å². The molecule has 1 aliphatic carbocycles. The van der Waals surface area contributed by atoms with Crippen LogP contribution in [0.4, 0.5) is 5.69 Å². The van der Waals surface area contributed by atoms with E-state index in [1.54, 1.807) is 6.07 Å². The zero-order chi connectivity index (χ0) is 14.5. The number of hydrogen-bond donors (Lipinski definition) is 4. The Hall–Kier alpha value is -2.24. The van der Waals surface area contributed by atoms with E-state index in [4.69, 9.17) is 5.73 Å². The number of phenolic OH excluding ortho intramolecular Hbond substituents is 1. The highest BCUT2D eigenvalue weighted by atomic mass is 16.3. The minimum absolute atomic E-state index is 0.0218. The first kappa shape index (κ1) is 14.2. The van der Waals surface area contributed by atoms with Crippen molar-refractivity contribution in [2.75, 3.05) is 12.3 Å². The third-order valence-electron chi connectivity index (χ3n) is 3.12. The van der Waals surface area contributed by atoms with Crippen LogP contribution in [-0.2, 0) is 4.79 Å². The Labute approximate surface area is 117 Å². The second-order valence-corrected chi connectivity index (χ2v) is 4.94. The molecule has 0 radical (unpaired) electrons. The normalized spacial score (nSPS) is 13.8. The smallest absolute Gasteiger partial charge is 0.255 e. The van der Waals surface area contributed by atoms with Gasteiger partial charge in [-0.3, -0.25) is 9.59 Å². The number of nitrogens with two attached hydrogens (primary N) is 1. The Bertz CT molecular complexity index is 512. The van der Waals surface area contributed by atoms with Crippen molar-refractivity contribution < 1.29 is 14.7 Å². The molecule has 108 valence electrons. The van der Waals surface area contributed by atoms with Crippen LogP contribution in [0.3, 0.4) is 0 Å². The van der Waals surface area contributed by atoms with E-state index in [0.29, 0.717) is 25.4 Å². The summed E-state index contributed by atoms with van der Waals surface area (Å²) in [6.45, 7) is 0.380. The number of anilines is 1. The largest absolute Gasteiger partial charge is 0.505 e. The molecule has 1 aromatic rings. The topological polar surface area (TPSA) is 104 Å². The Morgan fingerprint density at radius 2 is 2.10 bits per heavy atom. The number of benzene rings is 1. The van der Waals surface area contributed by atoms with Crippen LogP contribution in [-0.4, -0.2) is 29.5 Å². The average molecular weight is 277 g/mol. The van der Waals surface area contributed by atoms with Gasteiger partial charge < -0.3 is 21.5 Å². The van der Waals surface area contributed by atoms with Gasteiger partial charge in [-0.25, -0.2) is 0 Å². The summed E-state index contributed by atoms with van der Waals surface area (Å²) >= 11 is 0. The molecule has 20 heavy (non-hydrogen) atoms. The van der Waals surface area contributed by atoms with Gasteiger partial charge in [-0.2, -0.15) is 0 Å². The van der Waals surface area contributed by atoms with Gasteiger partial charge in [-0.05, 0) is 31.4 Å². The quantitative estimate of drug-likeness (QED) is 0.350.